The number of nitrogens with zero attached hydrogens (tertiary/aromatic N) is 2. The van der Waals surface area contributed by atoms with Crippen molar-refractivity contribution in [2.45, 2.75) is 44.2 Å². The lowest BCUT2D eigenvalue weighted by Gasteiger charge is -2.33. The Kier molecular flexibility index (Phi) is 2.90. The summed E-state index contributed by atoms with van der Waals surface area (Å²) in [6.07, 6.45) is 4.45. The Morgan fingerprint density at radius 1 is 1.29 bits per heavy atom. The van der Waals surface area contributed by atoms with E-state index in [1.807, 2.05) is 11.9 Å². The van der Waals surface area contributed by atoms with Crippen LogP contribution in [0.3, 0.4) is 0 Å². The standard InChI is InChI=1S/C18H24N2O/c1-3-13-5-7-14(8-6-13)16-11-15-12-19(2)17(21)18(15)9-4-10-20(16)18/h5-8,15-16H,3-4,9-12H2,1-2H3/t15-,16-,18-/m0/s1. The fraction of sp³-hybridized carbons (Fsp3) is 0.611. The van der Waals surface area contributed by atoms with E-state index in [1.54, 1.807) is 0 Å². The van der Waals surface area contributed by atoms with Crippen LogP contribution < -0.4 is 0 Å². The maximum atomic E-state index is 12.8. The molecule has 3 nitrogen and oxygen atoms in total. The molecule has 3 aliphatic rings. The molecule has 0 bridgehead atoms. The number of likely N-dealkylation sites (N-methyl/N-ethyl adjacent to an activating group) is 1. The van der Waals surface area contributed by atoms with Crippen LogP contribution >= 0.6 is 0 Å². The second-order valence-corrected chi connectivity index (χ2v) is 6.95. The number of hydrogen-bond acceptors (Lipinski definition) is 2. The molecule has 1 aromatic rings. The van der Waals surface area contributed by atoms with Crippen LogP contribution in [0.15, 0.2) is 24.3 Å². The van der Waals surface area contributed by atoms with Crippen molar-refractivity contribution in [1.82, 2.24) is 9.80 Å². The molecule has 1 amide bonds. The van der Waals surface area contributed by atoms with E-state index in [1.165, 1.54) is 17.5 Å². The Balaban J connectivity index is 1.69. The van der Waals surface area contributed by atoms with E-state index in [4.69, 9.17) is 0 Å². The van der Waals surface area contributed by atoms with Gasteiger partial charge in [0.05, 0.1) is 0 Å². The van der Waals surface area contributed by atoms with Crippen LogP contribution in [0.2, 0.25) is 0 Å². The average molecular weight is 284 g/mol. The Morgan fingerprint density at radius 3 is 2.76 bits per heavy atom. The van der Waals surface area contributed by atoms with Crippen LogP contribution in [-0.4, -0.2) is 41.4 Å². The molecule has 1 spiro atoms. The first-order valence-electron chi connectivity index (χ1n) is 8.28. The normalized spacial score (nSPS) is 35.3. The molecular weight excluding hydrogens is 260 g/mol. The van der Waals surface area contributed by atoms with Crippen LogP contribution in [0.5, 0.6) is 0 Å². The topological polar surface area (TPSA) is 23.6 Å². The minimum absolute atomic E-state index is 0.164. The predicted octanol–water partition coefficient (Wildman–Crippen LogP) is 2.62. The van der Waals surface area contributed by atoms with E-state index >= 15 is 0 Å². The van der Waals surface area contributed by atoms with Crippen molar-refractivity contribution in [1.29, 1.82) is 0 Å². The maximum absolute atomic E-state index is 12.8. The number of benzene rings is 1. The third-order valence-electron chi connectivity index (χ3n) is 6.01. The summed E-state index contributed by atoms with van der Waals surface area (Å²) in [4.78, 5) is 17.2. The van der Waals surface area contributed by atoms with Gasteiger partial charge in [0.25, 0.3) is 0 Å². The zero-order chi connectivity index (χ0) is 14.6. The molecule has 0 aliphatic carbocycles. The number of carbonyl (C=O) groups is 1. The van der Waals surface area contributed by atoms with Gasteiger partial charge < -0.3 is 4.90 Å². The molecule has 3 saturated heterocycles. The van der Waals surface area contributed by atoms with Gasteiger partial charge in [-0.2, -0.15) is 0 Å². The summed E-state index contributed by atoms with van der Waals surface area (Å²) in [6, 6.07) is 9.51. The van der Waals surface area contributed by atoms with E-state index in [0.717, 1.165) is 32.4 Å². The van der Waals surface area contributed by atoms with Crippen LogP contribution in [0.1, 0.15) is 43.4 Å². The number of hydrogen-bond donors (Lipinski definition) is 0. The minimum atomic E-state index is -0.164. The monoisotopic (exact) mass is 284 g/mol. The van der Waals surface area contributed by atoms with E-state index in [2.05, 4.69) is 36.1 Å². The molecule has 0 saturated carbocycles. The van der Waals surface area contributed by atoms with Gasteiger partial charge in [-0.15, -0.1) is 0 Å². The smallest absolute Gasteiger partial charge is 0.243 e. The summed E-state index contributed by atoms with van der Waals surface area (Å²) in [7, 11) is 1.97. The van der Waals surface area contributed by atoms with Gasteiger partial charge in [-0.3, -0.25) is 9.69 Å². The number of likely N-dealkylation sites (tertiary alicyclic amines) is 1. The second-order valence-electron chi connectivity index (χ2n) is 6.95. The first-order chi connectivity index (χ1) is 10.2. The Bertz CT molecular complexity index is 567. The molecule has 0 N–H and O–H groups in total. The summed E-state index contributed by atoms with van der Waals surface area (Å²) < 4.78 is 0. The van der Waals surface area contributed by atoms with Gasteiger partial charge in [0.2, 0.25) is 5.91 Å². The van der Waals surface area contributed by atoms with Gasteiger partial charge in [-0.1, -0.05) is 31.2 Å². The molecule has 1 aromatic carbocycles. The van der Waals surface area contributed by atoms with Crippen molar-refractivity contribution in [2.24, 2.45) is 5.92 Å². The van der Waals surface area contributed by atoms with Gasteiger partial charge in [-0.25, -0.2) is 0 Å². The highest BCUT2D eigenvalue weighted by Crippen LogP contribution is 2.55. The molecule has 3 atom stereocenters. The zero-order valence-electron chi connectivity index (χ0n) is 13.0. The van der Waals surface area contributed by atoms with Crippen molar-refractivity contribution >= 4 is 5.91 Å². The first-order valence-corrected chi connectivity index (χ1v) is 8.28. The van der Waals surface area contributed by atoms with E-state index in [-0.39, 0.29) is 5.54 Å². The van der Waals surface area contributed by atoms with Crippen molar-refractivity contribution in [3.05, 3.63) is 35.4 Å². The quantitative estimate of drug-likeness (QED) is 0.833. The van der Waals surface area contributed by atoms with Crippen molar-refractivity contribution in [2.75, 3.05) is 20.1 Å². The summed E-state index contributed by atoms with van der Waals surface area (Å²) in [5.41, 5.74) is 2.63. The number of aryl methyl sites for hydroxylation is 1. The lowest BCUT2D eigenvalue weighted by molar-refractivity contribution is -0.135. The number of carbonyl (C=O) groups excluding carboxylic acids is 1. The molecule has 0 radical (unpaired) electrons. The Labute approximate surface area is 126 Å². The summed E-state index contributed by atoms with van der Waals surface area (Å²) in [5.74, 6) is 0.894. The van der Waals surface area contributed by atoms with Gasteiger partial charge in [0, 0.05) is 25.6 Å². The third-order valence-corrected chi connectivity index (χ3v) is 6.01. The van der Waals surface area contributed by atoms with E-state index in [0.29, 0.717) is 17.9 Å². The maximum Gasteiger partial charge on any atom is 0.243 e. The highest BCUT2D eigenvalue weighted by atomic mass is 16.2. The molecule has 3 heteroatoms. The predicted molar refractivity (Wildman–Crippen MR) is 83.0 cm³/mol. The van der Waals surface area contributed by atoms with Crippen molar-refractivity contribution in [3.8, 4) is 0 Å². The third kappa shape index (κ3) is 1.67. The molecule has 3 heterocycles. The van der Waals surface area contributed by atoms with Crippen molar-refractivity contribution in [3.63, 3.8) is 0 Å². The molecule has 112 valence electrons. The molecule has 21 heavy (non-hydrogen) atoms. The van der Waals surface area contributed by atoms with E-state index < -0.39 is 0 Å². The average Bonchev–Trinajstić information content (AvgIpc) is 3.12. The van der Waals surface area contributed by atoms with Gasteiger partial charge >= 0.3 is 0 Å². The van der Waals surface area contributed by atoms with Gasteiger partial charge in [0.1, 0.15) is 5.54 Å². The van der Waals surface area contributed by atoms with Gasteiger partial charge in [0.15, 0.2) is 0 Å². The lowest BCUT2D eigenvalue weighted by atomic mass is 9.85. The summed E-state index contributed by atoms with van der Waals surface area (Å²) in [5, 5.41) is 0. The second kappa shape index (κ2) is 4.57. The van der Waals surface area contributed by atoms with Gasteiger partial charge in [-0.05, 0) is 43.4 Å². The SMILES string of the molecule is CCc1ccc([C@@H]2C[C@H]3CN(C)C(=O)[C@]34CCCN24)cc1. The first kappa shape index (κ1) is 13.3. The van der Waals surface area contributed by atoms with Crippen LogP contribution in [0.25, 0.3) is 0 Å². The Morgan fingerprint density at radius 2 is 2.05 bits per heavy atom. The minimum Gasteiger partial charge on any atom is -0.344 e. The van der Waals surface area contributed by atoms with Crippen LogP contribution in [0.4, 0.5) is 0 Å². The molecule has 0 unspecified atom stereocenters. The molecular formula is C18H24N2O. The fourth-order valence-electron chi connectivity index (χ4n) is 4.99. The van der Waals surface area contributed by atoms with E-state index in [9.17, 15) is 4.79 Å². The van der Waals surface area contributed by atoms with Crippen molar-refractivity contribution < 1.29 is 4.79 Å². The fourth-order valence-corrected chi connectivity index (χ4v) is 4.99. The Hall–Kier alpha value is -1.35. The molecule has 3 aliphatic heterocycles. The summed E-state index contributed by atoms with van der Waals surface area (Å²) >= 11 is 0. The largest absolute Gasteiger partial charge is 0.344 e. The molecule has 3 fully saturated rings. The van der Waals surface area contributed by atoms with Crippen LogP contribution in [-0.2, 0) is 11.2 Å². The summed E-state index contributed by atoms with van der Waals surface area (Å²) in [6.45, 7) is 4.22. The highest BCUT2D eigenvalue weighted by Gasteiger charge is 2.64. The number of rotatable bonds is 2. The molecule has 4 rings (SSSR count). The lowest BCUT2D eigenvalue weighted by Crippen LogP contribution is -2.49. The zero-order valence-corrected chi connectivity index (χ0v) is 13.0. The highest BCUT2D eigenvalue weighted by molar-refractivity contribution is 5.90. The van der Waals surface area contributed by atoms with Crippen LogP contribution in [0, 0.1) is 5.92 Å². The molecule has 0 aromatic heterocycles. The number of amides is 1.